The summed E-state index contributed by atoms with van der Waals surface area (Å²) in [6, 6.07) is 10.9. The maximum Gasteiger partial charge on any atom is 0.131 e. The molecule has 2 nitrogen and oxygen atoms in total. The lowest BCUT2D eigenvalue weighted by molar-refractivity contribution is 0.355. The van der Waals surface area contributed by atoms with Crippen LogP contribution in [-0.2, 0) is 6.42 Å². The molecule has 0 bridgehead atoms. The topological polar surface area (TPSA) is 33.0 Å². The Morgan fingerprint density at radius 3 is 2.87 bits per heavy atom. The molecular formula is C21H15NO. The van der Waals surface area contributed by atoms with E-state index in [1.54, 1.807) is 0 Å². The second kappa shape index (κ2) is 4.60. The zero-order chi connectivity index (χ0) is 15.4. The average Bonchev–Trinajstić information content (AvgIpc) is 3.01. The zero-order valence-corrected chi connectivity index (χ0v) is 12.6. The van der Waals surface area contributed by atoms with Gasteiger partial charge in [0.2, 0.25) is 0 Å². The van der Waals surface area contributed by atoms with Crippen molar-refractivity contribution in [3.05, 3.63) is 70.8 Å². The normalized spacial score (nSPS) is 23.5. The Morgan fingerprint density at radius 2 is 2.00 bits per heavy atom. The summed E-state index contributed by atoms with van der Waals surface area (Å²) in [4.78, 5) is 0. The van der Waals surface area contributed by atoms with Gasteiger partial charge in [0, 0.05) is 17.1 Å². The molecule has 2 aromatic rings. The lowest BCUT2D eigenvalue weighted by Gasteiger charge is -2.21. The van der Waals surface area contributed by atoms with Crippen LogP contribution in [0.4, 0.5) is 0 Å². The Morgan fingerprint density at radius 1 is 1.13 bits per heavy atom. The SMILES string of the molecule is N#CC1=CC2Cc3c4c(c5ccccc5c3C2C=C1)C=CCO4. The molecule has 2 heteroatoms. The number of allylic oxidation sites excluding steroid dienone is 4. The predicted molar refractivity (Wildman–Crippen MR) is 91.2 cm³/mol. The molecule has 3 aliphatic rings. The van der Waals surface area contributed by atoms with E-state index in [-0.39, 0.29) is 0 Å². The lowest BCUT2D eigenvalue weighted by Crippen LogP contribution is -2.07. The Kier molecular flexibility index (Phi) is 2.55. The van der Waals surface area contributed by atoms with Crippen molar-refractivity contribution in [1.29, 1.82) is 5.26 Å². The monoisotopic (exact) mass is 297 g/mol. The van der Waals surface area contributed by atoms with E-state index in [1.807, 2.05) is 6.08 Å². The van der Waals surface area contributed by atoms with E-state index in [4.69, 9.17) is 4.74 Å². The highest BCUT2D eigenvalue weighted by Gasteiger charge is 2.36. The largest absolute Gasteiger partial charge is 0.489 e. The molecule has 1 heterocycles. The fourth-order valence-corrected chi connectivity index (χ4v) is 4.28. The third kappa shape index (κ3) is 1.68. The van der Waals surface area contributed by atoms with Gasteiger partial charge < -0.3 is 4.74 Å². The van der Waals surface area contributed by atoms with Crippen LogP contribution in [0.15, 0.2) is 54.1 Å². The smallest absolute Gasteiger partial charge is 0.131 e. The third-order valence-electron chi connectivity index (χ3n) is 5.20. The van der Waals surface area contributed by atoms with Gasteiger partial charge in [-0.15, -0.1) is 0 Å². The molecule has 0 fully saturated rings. The summed E-state index contributed by atoms with van der Waals surface area (Å²) in [5, 5.41) is 11.8. The highest BCUT2D eigenvalue weighted by Crippen LogP contribution is 2.51. The van der Waals surface area contributed by atoms with Gasteiger partial charge in [-0.2, -0.15) is 5.26 Å². The Balaban J connectivity index is 1.83. The molecule has 2 atom stereocenters. The molecule has 110 valence electrons. The van der Waals surface area contributed by atoms with Gasteiger partial charge in [-0.3, -0.25) is 0 Å². The molecule has 2 aromatic carbocycles. The standard InChI is InChI=1S/C21H15NO/c22-12-13-7-8-15-14(10-13)11-19-20(15)17-5-2-1-4-16(17)18-6-3-9-23-21(18)19/h1-8,10,14-15H,9,11H2. The summed E-state index contributed by atoms with van der Waals surface area (Å²) in [7, 11) is 0. The van der Waals surface area contributed by atoms with Crippen LogP contribution >= 0.6 is 0 Å². The maximum absolute atomic E-state index is 9.19. The molecule has 0 spiro atoms. The molecule has 5 rings (SSSR count). The molecule has 0 radical (unpaired) electrons. The molecule has 0 aromatic heterocycles. The first-order chi connectivity index (χ1) is 11.4. The van der Waals surface area contributed by atoms with E-state index in [0.717, 1.165) is 17.7 Å². The minimum Gasteiger partial charge on any atom is -0.489 e. The lowest BCUT2D eigenvalue weighted by atomic mass is 9.84. The van der Waals surface area contributed by atoms with Crippen molar-refractivity contribution in [2.75, 3.05) is 6.61 Å². The predicted octanol–water partition coefficient (Wildman–Crippen LogP) is 4.52. The van der Waals surface area contributed by atoms with Gasteiger partial charge in [0.15, 0.2) is 0 Å². The third-order valence-corrected chi connectivity index (χ3v) is 5.20. The van der Waals surface area contributed by atoms with Crippen molar-refractivity contribution in [2.24, 2.45) is 5.92 Å². The summed E-state index contributed by atoms with van der Waals surface area (Å²) in [5.74, 6) is 1.77. The fraction of sp³-hybridized carbons (Fsp3) is 0.190. The van der Waals surface area contributed by atoms with Crippen LogP contribution in [0.3, 0.4) is 0 Å². The number of ether oxygens (including phenoxy) is 1. The number of fused-ring (bicyclic) bond motifs is 8. The number of benzene rings is 2. The van der Waals surface area contributed by atoms with Gasteiger partial charge in [0.25, 0.3) is 0 Å². The average molecular weight is 297 g/mol. The minimum absolute atomic E-state index is 0.354. The number of rotatable bonds is 0. The van der Waals surface area contributed by atoms with Crippen molar-refractivity contribution in [2.45, 2.75) is 12.3 Å². The van der Waals surface area contributed by atoms with Crippen LogP contribution in [0.2, 0.25) is 0 Å². The number of nitriles is 1. The highest BCUT2D eigenvalue weighted by atomic mass is 16.5. The quantitative estimate of drug-likeness (QED) is 0.716. The van der Waals surface area contributed by atoms with E-state index >= 15 is 0 Å². The molecule has 1 aliphatic heterocycles. The van der Waals surface area contributed by atoms with Gasteiger partial charge in [0.05, 0.1) is 6.07 Å². The summed E-state index contributed by atoms with van der Waals surface area (Å²) in [6.07, 6.45) is 11.5. The number of nitrogens with zero attached hydrogens (tertiary/aromatic N) is 1. The minimum atomic E-state index is 0.354. The fourth-order valence-electron chi connectivity index (χ4n) is 4.28. The van der Waals surface area contributed by atoms with Crippen LogP contribution in [0.25, 0.3) is 16.8 Å². The molecule has 0 saturated carbocycles. The van der Waals surface area contributed by atoms with Gasteiger partial charge >= 0.3 is 0 Å². The van der Waals surface area contributed by atoms with E-state index in [2.05, 4.69) is 54.6 Å². The van der Waals surface area contributed by atoms with Crippen LogP contribution in [0, 0.1) is 17.2 Å². The van der Waals surface area contributed by atoms with E-state index < -0.39 is 0 Å². The summed E-state index contributed by atoms with van der Waals surface area (Å²) >= 11 is 0. The van der Waals surface area contributed by atoms with Crippen LogP contribution in [0.5, 0.6) is 5.75 Å². The van der Waals surface area contributed by atoms with Crippen molar-refractivity contribution in [3.63, 3.8) is 0 Å². The van der Waals surface area contributed by atoms with Gasteiger partial charge in [-0.25, -0.2) is 0 Å². The van der Waals surface area contributed by atoms with Crippen LogP contribution in [0.1, 0.15) is 22.6 Å². The first-order valence-electron chi connectivity index (χ1n) is 8.04. The van der Waals surface area contributed by atoms with E-state index in [0.29, 0.717) is 18.4 Å². The second-order valence-electron chi connectivity index (χ2n) is 6.38. The van der Waals surface area contributed by atoms with Gasteiger partial charge in [-0.1, -0.05) is 42.5 Å². The molecular weight excluding hydrogens is 282 g/mol. The van der Waals surface area contributed by atoms with Crippen molar-refractivity contribution < 1.29 is 4.74 Å². The Bertz CT molecular complexity index is 971. The zero-order valence-electron chi connectivity index (χ0n) is 12.6. The summed E-state index contributed by atoms with van der Waals surface area (Å²) < 4.78 is 6.04. The molecule has 0 saturated heterocycles. The van der Waals surface area contributed by atoms with Gasteiger partial charge in [-0.05, 0) is 46.4 Å². The van der Waals surface area contributed by atoms with Crippen LogP contribution < -0.4 is 4.74 Å². The van der Waals surface area contributed by atoms with Gasteiger partial charge in [0.1, 0.15) is 12.4 Å². The van der Waals surface area contributed by atoms with Crippen molar-refractivity contribution >= 4 is 16.8 Å². The Hall–Kier alpha value is -2.79. The highest BCUT2D eigenvalue weighted by molar-refractivity contribution is 5.98. The van der Waals surface area contributed by atoms with E-state index in [1.165, 1.54) is 27.5 Å². The first kappa shape index (κ1) is 12.7. The van der Waals surface area contributed by atoms with Crippen LogP contribution in [-0.4, -0.2) is 6.61 Å². The summed E-state index contributed by atoms with van der Waals surface area (Å²) in [5.41, 5.74) is 4.71. The molecule has 2 aliphatic carbocycles. The molecule has 0 amide bonds. The molecule has 2 unspecified atom stereocenters. The number of hydrogen-bond donors (Lipinski definition) is 0. The number of hydrogen-bond acceptors (Lipinski definition) is 2. The van der Waals surface area contributed by atoms with E-state index in [9.17, 15) is 5.26 Å². The first-order valence-corrected chi connectivity index (χ1v) is 8.04. The summed E-state index contributed by atoms with van der Waals surface area (Å²) in [6.45, 7) is 0.641. The van der Waals surface area contributed by atoms with Crippen molar-refractivity contribution in [3.8, 4) is 11.8 Å². The maximum atomic E-state index is 9.19. The van der Waals surface area contributed by atoms with Crippen molar-refractivity contribution in [1.82, 2.24) is 0 Å². The molecule has 23 heavy (non-hydrogen) atoms. The Labute approximate surface area is 135 Å². The molecule has 0 N–H and O–H groups in total. The second-order valence-corrected chi connectivity index (χ2v) is 6.38.